The lowest BCUT2D eigenvalue weighted by atomic mass is 10.2. The highest BCUT2D eigenvalue weighted by Gasteiger charge is 2.18. The predicted molar refractivity (Wildman–Crippen MR) is 41.0 cm³/mol. The Balaban J connectivity index is 2.33. The third kappa shape index (κ3) is 2.62. The molecule has 0 unspecified atom stereocenters. The smallest absolute Gasteiger partial charge is 0.385 e. The van der Waals surface area contributed by atoms with Crippen LogP contribution in [0.1, 0.15) is 6.42 Å². The molecule has 1 rings (SSSR count). The summed E-state index contributed by atoms with van der Waals surface area (Å²) >= 11 is 0. The Morgan fingerprint density at radius 1 is 1.54 bits per heavy atom. The highest BCUT2D eigenvalue weighted by Crippen LogP contribution is 2.11. The molecule has 0 saturated heterocycles. The van der Waals surface area contributed by atoms with Crippen molar-refractivity contribution in [1.29, 1.82) is 0 Å². The molecule has 0 spiro atoms. The van der Waals surface area contributed by atoms with E-state index in [0.29, 0.717) is 18.6 Å². The Morgan fingerprint density at radius 3 is 2.85 bits per heavy atom. The van der Waals surface area contributed by atoms with E-state index in [1.807, 2.05) is 0 Å². The summed E-state index contributed by atoms with van der Waals surface area (Å²) in [7, 11) is 0. The van der Waals surface area contributed by atoms with E-state index in [0.717, 1.165) is 6.08 Å². The average molecular weight is 184 g/mol. The minimum Gasteiger partial charge on any atom is -0.500 e. The van der Waals surface area contributed by atoms with Crippen molar-refractivity contribution in [3.05, 3.63) is 24.5 Å². The van der Waals surface area contributed by atoms with Gasteiger partial charge in [0.05, 0.1) is 18.4 Å². The van der Waals surface area contributed by atoms with Gasteiger partial charge in [-0.15, -0.1) is 0 Å². The average Bonchev–Trinajstić information content (AvgIpc) is 2.66. The highest BCUT2D eigenvalue weighted by molar-refractivity contribution is 5.89. The fourth-order valence-electron chi connectivity index (χ4n) is 0.704. The van der Waals surface area contributed by atoms with E-state index in [9.17, 15) is 9.59 Å². The molecule has 13 heavy (non-hydrogen) atoms. The molecule has 0 N–H and O–H groups in total. The summed E-state index contributed by atoms with van der Waals surface area (Å²) in [6.07, 6.45) is 2.64. The lowest BCUT2D eigenvalue weighted by molar-refractivity contribution is -0.251. The Hall–Kier alpha value is -1.78. The molecule has 0 amide bonds. The van der Waals surface area contributed by atoms with E-state index in [1.54, 1.807) is 0 Å². The van der Waals surface area contributed by atoms with Gasteiger partial charge in [-0.1, -0.05) is 6.58 Å². The molecule has 1 aliphatic heterocycles. The van der Waals surface area contributed by atoms with Gasteiger partial charge in [-0.05, 0) is 0 Å². The van der Waals surface area contributed by atoms with Crippen LogP contribution in [0.2, 0.25) is 0 Å². The van der Waals surface area contributed by atoms with E-state index >= 15 is 0 Å². The number of ether oxygens (including phenoxy) is 1. The molecule has 0 atom stereocenters. The van der Waals surface area contributed by atoms with Crippen LogP contribution in [0, 0.1) is 0 Å². The van der Waals surface area contributed by atoms with Crippen molar-refractivity contribution in [1.82, 2.24) is 0 Å². The molecule has 5 heteroatoms. The van der Waals surface area contributed by atoms with Crippen LogP contribution in [0.5, 0.6) is 0 Å². The molecule has 0 aromatic heterocycles. The molecule has 1 aliphatic rings. The minimum atomic E-state index is -0.812. The van der Waals surface area contributed by atoms with Gasteiger partial charge in [-0.3, -0.25) is 0 Å². The van der Waals surface area contributed by atoms with Crippen molar-refractivity contribution in [2.75, 3.05) is 6.61 Å². The van der Waals surface area contributed by atoms with Gasteiger partial charge in [0, 0.05) is 12.5 Å². The van der Waals surface area contributed by atoms with Crippen molar-refractivity contribution in [2.45, 2.75) is 6.42 Å². The van der Waals surface area contributed by atoms with E-state index < -0.39 is 11.9 Å². The zero-order valence-corrected chi connectivity index (χ0v) is 6.82. The summed E-state index contributed by atoms with van der Waals surface area (Å²) in [6, 6.07) is 0. The Morgan fingerprint density at radius 2 is 2.31 bits per heavy atom. The summed E-state index contributed by atoms with van der Waals surface area (Å²) in [5.74, 6) is -1.53. The van der Waals surface area contributed by atoms with Crippen molar-refractivity contribution < 1.29 is 24.1 Å². The summed E-state index contributed by atoms with van der Waals surface area (Å²) in [4.78, 5) is 29.7. The summed E-state index contributed by atoms with van der Waals surface area (Å²) in [6.45, 7) is 3.58. The minimum absolute atomic E-state index is 0.344. The van der Waals surface area contributed by atoms with Gasteiger partial charge in [0.15, 0.2) is 0 Å². The molecule has 0 bridgehead atoms. The lowest BCUT2D eigenvalue weighted by Gasteiger charge is -1.98. The van der Waals surface area contributed by atoms with E-state index in [1.165, 1.54) is 6.26 Å². The van der Waals surface area contributed by atoms with Gasteiger partial charge < -0.3 is 4.74 Å². The second kappa shape index (κ2) is 4.30. The first-order valence-corrected chi connectivity index (χ1v) is 3.60. The van der Waals surface area contributed by atoms with Gasteiger partial charge in [-0.25, -0.2) is 19.4 Å². The van der Waals surface area contributed by atoms with Crippen molar-refractivity contribution in [3.8, 4) is 0 Å². The van der Waals surface area contributed by atoms with Crippen LogP contribution < -0.4 is 0 Å². The van der Waals surface area contributed by atoms with E-state index in [-0.39, 0.29) is 0 Å². The number of hydrogen-bond acceptors (Lipinski definition) is 5. The maximum absolute atomic E-state index is 11.0. The number of rotatable bonds is 2. The Bertz CT molecular complexity index is 266. The van der Waals surface area contributed by atoms with Gasteiger partial charge in [0.2, 0.25) is 0 Å². The van der Waals surface area contributed by atoms with E-state index in [4.69, 9.17) is 4.74 Å². The zero-order valence-electron chi connectivity index (χ0n) is 6.82. The first kappa shape index (κ1) is 9.31. The molecular formula is C8H8O5. The van der Waals surface area contributed by atoms with Crippen molar-refractivity contribution in [2.24, 2.45) is 0 Å². The number of carbonyl (C=O) groups is 2. The van der Waals surface area contributed by atoms with Crippen molar-refractivity contribution >= 4 is 11.9 Å². The largest absolute Gasteiger partial charge is 0.500 e. The molecule has 0 fully saturated rings. The molecular weight excluding hydrogens is 176 g/mol. The normalized spacial score (nSPS) is 14.0. The third-order valence-corrected chi connectivity index (χ3v) is 1.34. The summed E-state index contributed by atoms with van der Waals surface area (Å²) in [5.41, 5.74) is 0.344. The quantitative estimate of drug-likeness (QED) is 0.355. The fourth-order valence-corrected chi connectivity index (χ4v) is 0.704. The molecule has 0 aromatic rings. The number of carbonyl (C=O) groups excluding carboxylic acids is 2. The molecule has 0 saturated carbocycles. The molecule has 70 valence electrons. The molecule has 5 nitrogen and oxygen atoms in total. The van der Waals surface area contributed by atoms with Crippen LogP contribution in [-0.2, 0) is 24.1 Å². The molecule has 0 radical (unpaired) electrons. The molecule has 1 heterocycles. The van der Waals surface area contributed by atoms with Crippen LogP contribution in [0.3, 0.4) is 0 Å². The van der Waals surface area contributed by atoms with Crippen LogP contribution in [0.4, 0.5) is 0 Å². The summed E-state index contributed by atoms with van der Waals surface area (Å²) in [5, 5.41) is 0. The van der Waals surface area contributed by atoms with Crippen LogP contribution >= 0.6 is 0 Å². The van der Waals surface area contributed by atoms with Crippen LogP contribution in [0.15, 0.2) is 24.5 Å². The molecule has 0 aromatic carbocycles. The van der Waals surface area contributed by atoms with Crippen LogP contribution in [0.25, 0.3) is 0 Å². The fraction of sp³-hybridized carbons (Fsp3) is 0.250. The number of hydrogen-bond donors (Lipinski definition) is 0. The lowest BCUT2D eigenvalue weighted by Crippen LogP contribution is -2.10. The predicted octanol–water partition coefficient (Wildman–Crippen LogP) is 0.478. The van der Waals surface area contributed by atoms with Crippen LogP contribution in [-0.4, -0.2) is 18.5 Å². The topological polar surface area (TPSA) is 61.8 Å². The van der Waals surface area contributed by atoms with E-state index in [2.05, 4.69) is 16.4 Å². The third-order valence-electron chi connectivity index (χ3n) is 1.34. The summed E-state index contributed by atoms with van der Waals surface area (Å²) < 4.78 is 4.79. The highest BCUT2D eigenvalue weighted by atomic mass is 17.2. The first-order valence-electron chi connectivity index (χ1n) is 3.60. The Kier molecular flexibility index (Phi) is 3.08. The van der Waals surface area contributed by atoms with Gasteiger partial charge in [-0.2, -0.15) is 0 Å². The van der Waals surface area contributed by atoms with Crippen molar-refractivity contribution in [3.63, 3.8) is 0 Å². The van der Waals surface area contributed by atoms with Gasteiger partial charge in [0.25, 0.3) is 0 Å². The maximum atomic E-state index is 11.0. The Labute approximate surface area is 74.5 Å². The SMILES string of the molecule is C=CC(=O)OOC(=O)C1=COCC1. The van der Waals surface area contributed by atoms with Gasteiger partial charge in [0.1, 0.15) is 0 Å². The first-order chi connectivity index (χ1) is 6.24. The zero-order chi connectivity index (χ0) is 9.68. The van der Waals surface area contributed by atoms with Gasteiger partial charge >= 0.3 is 11.9 Å². The second-order valence-corrected chi connectivity index (χ2v) is 2.24. The second-order valence-electron chi connectivity index (χ2n) is 2.24. The molecule has 0 aliphatic carbocycles. The standard InChI is InChI=1S/C8H8O5/c1-2-7(9)12-13-8(10)6-3-4-11-5-6/h2,5H,1,3-4H2. The maximum Gasteiger partial charge on any atom is 0.385 e. The monoisotopic (exact) mass is 184 g/mol.